The van der Waals surface area contributed by atoms with Gasteiger partial charge in [-0.05, 0) is 63.7 Å². The van der Waals surface area contributed by atoms with Gasteiger partial charge >= 0.3 is 0 Å². The van der Waals surface area contributed by atoms with Crippen LogP contribution in [0.25, 0.3) is 56.2 Å². The van der Waals surface area contributed by atoms with Crippen LogP contribution in [-0.2, 0) is 5.41 Å². The Morgan fingerprint density at radius 3 is 1.50 bits per heavy atom. The molecule has 0 radical (unpaired) electrons. The van der Waals surface area contributed by atoms with Gasteiger partial charge in [0.15, 0.2) is 5.82 Å². The Morgan fingerprint density at radius 1 is 0.340 bits per heavy atom. The Kier molecular flexibility index (Phi) is 6.40. The maximum Gasteiger partial charge on any atom is 0.160 e. The average Bonchev–Trinajstić information content (AvgIpc) is 3.49. The predicted molar refractivity (Wildman–Crippen MR) is 201 cm³/mol. The lowest BCUT2D eigenvalue weighted by Crippen LogP contribution is -2.32. The zero-order valence-electron chi connectivity index (χ0n) is 27.1. The summed E-state index contributed by atoms with van der Waals surface area (Å²) >= 11 is 0. The van der Waals surface area contributed by atoms with Crippen molar-refractivity contribution < 1.29 is 4.74 Å². The predicted octanol–water partition coefficient (Wildman–Crippen LogP) is 11.6. The molecule has 234 valence electrons. The molecule has 1 aromatic heterocycles. The summed E-state index contributed by atoms with van der Waals surface area (Å²) in [7, 11) is 0. The Labute approximate surface area is 291 Å². The van der Waals surface area contributed by atoms with E-state index in [2.05, 4.69) is 170 Å². The van der Waals surface area contributed by atoms with E-state index in [9.17, 15) is 0 Å². The third-order valence-electron chi connectivity index (χ3n) is 10.2. The lowest BCUT2D eigenvalue weighted by molar-refractivity contribution is 0.436. The van der Waals surface area contributed by atoms with Crippen LogP contribution in [0.1, 0.15) is 22.3 Å². The normalized spacial score (nSPS) is 13.1. The monoisotopic (exact) mass is 638 g/mol. The molecule has 1 spiro atoms. The summed E-state index contributed by atoms with van der Waals surface area (Å²) in [5.74, 6) is 2.42. The van der Waals surface area contributed by atoms with Crippen LogP contribution in [0.2, 0.25) is 0 Å². The van der Waals surface area contributed by atoms with Crippen LogP contribution in [0.5, 0.6) is 11.5 Å². The number of benzene rings is 7. The van der Waals surface area contributed by atoms with Crippen molar-refractivity contribution in [3.8, 4) is 67.7 Å². The zero-order chi connectivity index (χ0) is 33.1. The zero-order valence-corrected chi connectivity index (χ0v) is 27.1. The highest BCUT2D eigenvalue weighted by molar-refractivity contribution is 5.89. The first-order chi connectivity index (χ1) is 24.8. The molecule has 2 aliphatic rings. The van der Waals surface area contributed by atoms with Crippen LogP contribution < -0.4 is 4.74 Å². The minimum atomic E-state index is -0.543. The summed E-state index contributed by atoms with van der Waals surface area (Å²) in [6.07, 6.45) is 0. The van der Waals surface area contributed by atoms with Crippen molar-refractivity contribution in [3.63, 3.8) is 0 Å². The van der Waals surface area contributed by atoms with Crippen LogP contribution in [-0.4, -0.2) is 9.97 Å². The second-order valence-electron chi connectivity index (χ2n) is 12.9. The molecule has 1 aliphatic carbocycles. The summed E-state index contributed by atoms with van der Waals surface area (Å²) in [6.45, 7) is 0. The van der Waals surface area contributed by atoms with Gasteiger partial charge in [0.25, 0.3) is 0 Å². The molecule has 7 aromatic carbocycles. The molecule has 1 aliphatic heterocycles. The Hall–Kier alpha value is -6.58. The SMILES string of the molecule is c1ccc(-c2ccc(-c3nc(-c4ccccc4)cc(-c4ccc5c(c4)C4(c6ccccc6O5)c5ccccc5-c5ccccc54)n3)cc2)cc1. The number of aromatic nitrogens is 2. The highest BCUT2D eigenvalue weighted by Gasteiger charge is 2.51. The minimum absolute atomic E-state index is 0.543. The third-order valence-corrected chi connectivity index (χ3v) is 10.2. The molecule has 2 heterocycles. The number of nitrogens with zero attached hydrogens (tertiary/aromatic N) is 2. The summed E-state index contributed by atoms with van der Waals surface area (Å²) in [5, 5.41) is 0. The number of rotatable bonds is 4. The largest absolute Gasteiger partial charge is 0.457 e. The van der Waals surface area contributed by atoms with E-state index in [0.29, 0.717) is 5.82 Å². The van der Waals surface area contributed by atoms with E-state index in [4.69, 9.17) is 14.7 Å². The third kappa shape index (κ3) is 4.30. The van der Waals surface area contributed by atoms with Gasteiger partial charge in [0.05, 0.1) is 16.8 Å². The van der Waals surface area contributed by atoms with Gasteiger partial charge in [0, 0.05) is 27.8 Å². The van der Waals surface area contributed by atoms with Gasteiger partial charge in [-0.15, -0.1) is 0 Å². The van der Waals surface area contributed by atoms with Gasteiger partial charge < -0.3 is 4.74 Å². The molecule has 0 unspecified atom stereocenters. The molecule has 8 aromatic rings. The number of fused-ring (bicyclic) bond motifs is 9. The molecular formula is C47H30N2O. The van der Waals surface area contributed by atoms with Crippen LogP contribution in [0, 0.1) is 0 Å². The van der Waals surface area contributed by atoms with Gasteiger partial charge in [-0.2, -0.15) is 0 Å². The molecule has 0 saturated heterocycles. The van der Waals surface area contributed by atoms with Gasteiger partial charge in [-0.1, -0.05) is 152 Å². The maximum absolute atomic E-state index is 6.69. The Morgan fingerprint density at radius 2 is 0.820 bits per heavy atom. The highest BCUT2D eigenvalue weighted by atomic mass is 16.5. The fraction of sp³-hybridized carbons (Fsp3) is 0.0213. The molecule has 0 atom stereocenters. The maximum atomic E-state index is 6.69. The van der Waals surface area contributed by atoms with E-state index in [1.165, 1.54) is 27.8 Å². The van der Waals surface area contributed by atoms with Crippen molar-refractivity contribution >= 4 is 0 Å². The highest BCUT2D eigenvalue weighted by Crippen LogP contribution is 2.62. The molecule has 0 amide bonds. The second-order valence-corrected chi connectivity index (χ2v) is 12.9. The fourth-order valence-corrected chi connectivity index (χ4v) is 7.94. The van der Waals surface area contributed by atoms with Crippen LogP contribution in [0.15, 0.2) is 182 Å². The van der Waals surface area contributed by atoms with Gasteiger partial charge in [0.1, 0.15) is 11.5 Å². The molecule has 3 heteroatoms. The van der Waals surface area contributed by atoms with Crippen molar-refractivity contribution in [2.24, 2.45) is 0 Å². The first-order valence-electron chi connectivity index (χ1n) is 17.0. The summed E-state index contributed by atoms with van der Waals surface area (Å²) < 4.78 is 6.69. The Balaban J connectivity index is 1.18. The first-order valence-corrected chi connectivity index (χ1v) is 17.0. The van der Waals surface area contributed by atoms with Crippen molar-refractivity contribution in [2.45, 2.75) is 5.41 Å². The van der Waals surface area contributed by atoms with Crippen LogP contribution >= 0.6 is 0 Å². The topological polar surface area (TPSA) is 35.0 Å². The van der Waals surface area contributed by atoms with Gasteiger partial charge in [-0.25, -0.2) is 9.97 Å². The quantitative estimate of drug-likeness (QED) is 0.192. The van der Waals surface area contributed by atoms with Gasteiger partial charge in [0.2, 0.25) is 0 Å². The fourth-order valence-electron chi connectivity index (χ4n) is 7.94. The van der Waals surface area contributed by atoms with Crippen molar-refractivity contribution in [2.75, 3.05) is 0 Å². The number of hydrogen-bond donors (Lipinski definition) is 0. The van der Waals surface area contributed by atoms with Gasteiger partial charge in [-0.3, -0.25) is 0 Å². The van der Waals surface area contributed by atoms with E-state index < -0.39 is 5.41 Å². The number of para-hydroxylation sites is 1. The molecule has 3 nitrogen and oxygen atoms in total. The molecule has 50 heavy (non-hydrogen) atoms. The molecule has 0 fully saturated rings. The standard InChI is InChI=1S/C47H30N2O/c1-3-13-31(14-4-1)32-23-25-34(26-24-32)46-48-42(33-15-5-2-6-16-33)30-43(49-46)35-27-28-45-41(29-35)47(40-21-11-12-22-44(40)50-45)38-19-9-7-17-36(38)37-18-8-10-20-39(37)47/h1-30H. The molecule has 10 rings (SSSR count). The first kappa shape index (κ1) is 28.4. The second kappa shape index (κ2) is 11.3. The van der Waals surface area contributed by atoms with E-state index >= 15 is 0 Å². The Bertz CT molecular complexity index is 2510. The average molecular weight is 639 g/mol. The summed E-state index contributed by atoms with van der Waals surface area (Å²) in [4.78, 5) is 10.4. The van der Waals surface area contributed by atoms with E-state index in [1.807, 2.05) is 12.1 Å². The molecule has 0 saturated carbocycles. The lowest BCUT2D eigenvalue weighted by Gasteiger charge is -2.39. The molecule has 0 bridgehead atoms. The van der Waals surface area contributed by atoms with E-state index in [0.717, 1.165) is 56.3 Å². The van der Waals surface area contributed by atoms with Crippen molar-refractivity contribution in [1.29, 1.82) is 0 Å². The summed E-state index contributed by atoms with van der Waals surface area (Å²) in [6, 6.07) is 64.1. The van der Waals surface area contributed by atoms with E-state index in [-0.39, 0.29) is 0 Å². The van der Waals surface area contributed by atoms with Crippen LogP contribution in [0.4, 0.5) is 0 Å². The minimum Gasteiger partial charge on any atom is -0.457 e. The van der Waals surface area contributed by atoms with Crippen molar-refractivity contribution in [3.05, 3.63) is 204 Å². The lowest BCUT2D eigenvalue weighted by atomic mass is 9.66. The number of ether oxygens (including phenoxy) is 1. The molecular weight excluding hydrogens is 609 g/mol. The van der Waals surface area contributed by atoms with Crippen molar-refractivity contribution in [1.82, 2.24) is 9.97 Å². The summed E-state index contributed by atoms with van der Waals surface area (Å²) in [5.41, 5.74) is 13.9. The van der Waals surface area contributed by atoms with Crippen LogP contribution in [0.3, 0.4) is 0 Å². The van der Waals surface area contributed by atoms with E-state index in [1.54, 1.807) is 0 Å². The molecule has 0 N–H and O–H groups in total. The smallest absolute Gasteiger partial charge is 0.160 e. The number of hydrogen-bond acceptors (Lipinski definition) is 3.